The van der Waals surface area contributed by atoms with Crippen molar-refractivity contribution in [3.63, 3.8) is 0 Å². The van der Waals surface area contributed by atoms with E-state index in [1.807, 2.05) is 13.1 Å². The highest BCUT2D eigenvalue weighted by Gasteiger charge is 2.10. The molecule has 1 atom stereocenters. The van der Waals surface area contributed by atoms with E-state index in [-0.39, 0.29) is 0 Å². The van der Waals surface area contributed by atoms with Crippen molar-refractivity contribution in [1.82, 2.24) is 9.97 Å². The average Bonchev–Trinajstić information content (AvgIpc) is 2.90. The number of aromatic nitrogens is 2. The van der Waals surface area contributed by atoms with Crippen molar-refractivity contribution in [2.75, 3.05) is 17.7 Å². The van der Waals surface area contributed by atoms with E-state index in [9.17, 15) is 0 Å². The highest BCUT2D eigenvalue weighted by Crippen LogP contribution is 2.25. The zero-order chi connectivity index (χ0) is 12.1. The predicted octanol–water partition coefficient (Wildman–Crippen LogP) is 3.14. The number of anilines is 2. The molecule has 1 unspecified atom stereocenters. The second kappa shape index (κ2) is 5.63. The number of hydrogen-bond acceptors (Lipinski definition) is 5. The Morgan fingerprint density at radius 1 is 1.41 bits per heavy atom. The van der Waals surface area contributed by atoms with Crippen molar-refractivity contribution >= 4 is 23.1 Å². The van der Waals surface area contributed by atoms with Crippen LogP contribution in [0, 0.1) is 0 Å². The summed E-state index contributed by atoms with van der Waals surface area (Å²) in [6, 6.07) is 6.42. The SMILES string of the molecule is CCC(Nc1ccnc(NC)n1)c1cccs1. The van der Waals surface area contributed by atoms with Gasteiger partial charge in [0.25, 0.3) is 0 Å². The molecule has 2 N–H and O–H groups in total. The molecule has 0 bridgehead atoms. The summed E-state index contributed by atoms with van der Waals surface area (Å²) >= 11 is 1.76. The normalized spacial score (nSPS) is 12.1. The minimum atomic E-state index is 0.314. The first-order valence-corrected chi connectivity index (χ1v) is 6.52. The minimum Gasteiger partial charge on any atom is -0.362 e. The zero-order valence-corrected chi connectivity index (χ0v) is 10.8. The van der Waals surface area contributed by atoms with Gasteiger partial charge in [0.15, 0.2) is 0 Å². The zero-order valence-electron chi connectivity index (χ0n) is 9.97. The molecule has 90 valence electrons. The maximum atomic E-state index is 4.36. The Bertz CT molecular complexity index is 455. The van der Waals surface area contributed by atoms with E-state index in [4.69, 9.17) is 0 Å². The minimum absolute atomic E-state index is 0.314. The molecule has 0 amide bonds. The molecule has 0 aromatic carbocycles. The lowest BCUT2D eigenvalue weighted by Crippen LogP contribution is -2.10. The largest absolute Gasteiger partial charge is 0.362 e. The summed E-state index contributed by atoms with van der Waals surface area (Å²) in [5.74, 6) is 1.49. The summed E-state index contributed by atoms with van der Waals surface area (Å²) in [6.07, 6.45) is 2.78. The molecule has 2 aromatic rings. The van der Waals surface area contributed by atoms with Crippen LogP contribution in [0.5, 0.6) is 0 Å². The van der Waals surface area contributed by atoms with Crippen LogP contribution in [0.15, 0.2) is 29.8 Å². The van der Waals surface area contributed by atoms with E-state index < -0.39 is 0 Å². The van der Waals surface area contributed by atoms with Crippen LogP contribution in [0.3, 0.4) is 0 Å². The smallest absolute Gasteiger partial charge is 0.224 e. The monoisotopic (exact) mass is 248 g/mol. The summed E-state index contributed by atoms with van der Waals surface area (Å²) in [4.78, 5) is 9.78. The average molecular weight is 248 g/mol. The maximum Gasteiger partial charge on any atom is 0.224 e. The third-order valence-corrected chi connectivity index (χ3v) is 3.48. The fraction of sp³-hybridized carbons (Fsp3) is 0.333. The second-order valence-corrected chi connectivity index (χ2v) is 4.62. The number of nitrogens with one attached hydrogen (secondary N) is 2. The summed E-state index contributed by atoms with van der Waals surface area (Å²) < 4.78 is 0. The number of rotatable bonds is 5. The second-order valence-electron chi connectivity index (χ2n) is 3.64. The first kappa shape index (κ1) is 11.9. The van der Waals surface area contributed by atoms with Crippen LogP contribution < -0.4 is 10.6 Å². The molecule has 5 heteroatoms. The van der Waals surface area contributed by atoms with Crippen molar-refractivity contribution in [2.45, 2.75) is 19.4 Å². The van der Waals surface area contributed by atoms with Crippen LogP contribution in [0.2, 0.25) is 0 Å². The molecular weight excluding hydrogens is 232 g/mol. The molecule has 0 aliphatic carbocycles. The van der Waals surface area contributed by atoms with Gasteiger partial charge in [-0.15, -0.1) is 11.3 Å². The first-order chi connectivity index (χ1) is 8.33. The molecule has 0 spiro atoms. The molecule has 0 saturated heterocycles. The van der Waals surface area contributed by atoms with Gasteiger partial charge in [0.1, 0.15) is 5.82 Å². The number of hydrogen-bond donors (Lipinski definition) is 2. The molecule has 0 saturated carbocycles. The summed E-state index contributed by atoms with van der Waals surface area (Å²) in [5.41, 5.74) is 0. The van der Waals surface area contributed by atoms with Gasteiger partial charge in [0.2, 0.25) is 5.95 Å². The Kier molecular flexibility index (Phi) is 3.93. The standard InChI is InChI=1S/C12H16N4S/c1-3-9(10-5-4-8-17-10)15-11-6-7-14-12(13-2)16-11/h4-9H,3H2,1-2H3,(H2,13,14,15,16). The van der Waals surface area contributed by atoms with Gasteiger partial charge in [-0.3, -0.25) is 0 Å². The van der Waals surface area contributed by atoms with E-state index in [0.717, 1.165) is 12.2 Å². The van der Waals surface area contributed by atoms with Crippen LogP contribution in [0.1, 0.15) is 24.3 Å². The van der Waals surface area contributed by atoms with Crippen LogP contribution in [0.4, 0.5) is 11.8 Å². The molecule has 0 aliphatic heterocycles. The quantitative estimate of drug-likeness (QED) is 0.853. The van der Waals surface area contributed by atoms with E-state index in [0.29, 0.717) is 12.0 Å². The van der Waals surface area contributed by atoms with Crippen LogP contribution in [-0.2, 0) is 0 Å². The molecule has 2 heterocycles. The highest BCUT2D eigenvalue weighted by atomic mass is 32.1. The van der Waals surface area contributed by atoms with Crippen molar-refractivity contribution < 1.29 is 0 Å². The van der Waals surface area contributed by atoms with Crippen molar-refractivity contribution in [3.05, 3.63) is 34.7 Å². The molecule has 4 nitrogen and oxygen atoms in total. The van der Waals surface area contributed by atoms with Gasteiger partial charge in [0.05, 0.1) is 6.04 Å². The first-order valence-electron chi connectivity index (χ1n) is 5.64. The van der Waals surface area contributed by atoms with Gasteiger partial charge in [-0.05, 0) is 23.9 Å². The maximum absolute atomic E-state index is 4.36. The lowest BCUT2D eigenvalue weighted by molar-refractivity contribution is 0.758. The van der Waals surface area contributed by atoms with E-state index >= 15 is 0 Å². The topological polar surface area (TPSA) is 49.8 Å². The van der Waals surface area contributed by atoms with Crippen molar-refractivity contribution in [1.29, 1.82) is 0 Å². The van der Waals surface area contributed by atoms with Crippen LogP contribution in [-0.4, -0.2) is 17.0 Å². The highest BCUT2D eigenvalue weighted by molar-refractivity contribution is 7.10. The van der Waals surface area contributed by atoms with Gasteiger partial charge in [-0.1, -0.05) is 13.0 Å². The summed E-state index contributed by atoms with van der Waals surface area (Å²) in [6.45, 7) is 2.16. The van der Waals surface area contributed by atoms with E-state index in [2.05, 4.69) is 45.0 Å². The predicted molar refractivity (Wildman–Crippen MR) is 72.6 cm³/mol. The van der Waals surface area contributed by atoms with Crippen LogP contribution in [0.25, 0.3) is 0 Å². The van der Waals surface area contributed by atoms with Crippen molar-refractivity contribution in [3.8, 4) is 0 Å². The van der Waals surface area contributed by atoms with Gasteiger partial charge in [-0.2, -0.15) is 4.98 Å². The molecule has 0 aliphatic rings. The molecule has 2 rings (SSSR count). The lowest BCUT2D eigenvalue weighted by atomic mass is 10.2. The fourth-order valence-electron chi connectivity index (χ4n) is 1.60. The third-order valence-electron chi connectivity index (χ3n) is 2.50. The number of nitrogens with zero attached hydrogens (tertiary/aromatic N) is 2. The Hall–Kier alpha value is -1.62. The molecule has 17 heavy (non-hydrogen) atoms. The summed E-state index contributed by atoms with van der Waals surface area (Å²) in [5, 5.41) is 8.45. The summed E-state index contributed by atoms with van der Waals surface area (Å²) in [7, 11) is 1.82. The molecular formula is C12H16N4S. The Morgan fingerprint density at radius 2 is 2.29 bits per heavy atom. The Labute approximate surface area is 105 Å². The third kappa shape index (κ3) is 2.94. The lowest BCUT2D eigenvalue weighted by Gasteiger charge is -2.16. The molecule has 0 fully saturated rings. The van der Waals surface area contributed by atoms with Crippen LogP contribution >= 0.6 is 11.3 Å². The van der Waals surface area contributed by atoms with Gasteiger partial charge in [0, 0.05) is 18.1 Å². The molecule has 0 radical (unpaired) electrons. The molecule has 2 aromatic heterocycles. The van der Waals surface area contributed by atoms with Gasteiger partial charge in [-0.25, -0.2) is 4.98 Å². The number of thiophene rings is 1. The van der Waals surface area contributed by atoms with E-state index in [1.165, 1.54) is 4.88 Å². The fourth-order valence-corrected chi connectivity index (χ4v) is 2.46. The van der Waals surface area contributed by atoms with Gasteiger partial charge < -0.3 is 10.6 Å². The Balaban J connectivity index is 2.13. The van der Waals surface area contributed by atoms with Crippen molar-refractivity contribution in [2.24, 2.45) is 0 Å². The van der Waals surface area contributed by atoms with E-state index in [1.54, 1.807) is 17.5 Å². The Morgan fingerprint density at radius 3 is 2.94 bits per heavy atom. The van der Waals surface area contributed by atoms with Gasteiger partial charge >= 0.3 is 0 Å².